The van der Waals surface area contributed by atoms with Crippen molar-refractivity contribution in [3.63, 3.8) is 0 Å². The Hall–Kier alpha value is -2.11. The minimum absolute atomic E-state index is 0.0533. The Balaban J connectivity index is 1.86. The van der Waals surface area contributed by atoms with Gasteiger partial charge in [-0.15, -0.1) is 0 Å². The molecule has 0 bridgehead atoms. The molecule has 1 aliphatic carbocycles. The van der Waals surface area contributed by atoms with Crippen LogP contribution in [0, 0.1) is 5.92 Å². The van der Waals surface area contributed by atoms with E-state index in [9.17, 15) is 4.79 Å². The topological polar surface area (TPSA) is 51.3 Å². The fourth-order valence-electron chi connectivity index (χ4n) is 3.48. The normalized spacial score (nSPS) is 22.2. The van der Waals surface area contributed by atoms with Crippen molar-refractivity contribution in [2.45, 2.75) is 19.0 Å². The van der Waals surface area contributed by atoms with Crippen molar-refractivity contribution in [3.8, 4) is 0 Å². The van der Waals surface area contributed by atoms with Gasteiger partial charge in [-0.2, -0.15) is 0 Å². The SMILES string of the molecule is C[C@H]1C[C@]1(N)n1c(C(=O)N(C)c2ccccc2)cc2cc(Br)ccc21. The highest BCUT2D eigenvalue weighted by Gasteiger charge is 2.51. The van der Waals surface area contributed by atoms with Crippen molar-refractivity contribution < 1.29 is 4.79 Å². The highest BCUT2D eigenvalue weighted by molar-refractivity contribution is 9.10. The van der Waals surface area contributed by atoms with Gasteiger partial charge in [0.05, 0.1) is 11.2 Å². The summed E-state index contributed by atoms with van der Waals surface area (Å²) in [5.74, 6) is 0.294. The van der Waals surface area contributed by atoms with Crippen LogP contribution in [-0.4, -0.2) is 17.5 Å². The molecule has 4 rings (SSSR count). The average Bonchev–Trinajstić information content (AvgIpc) is 3.05. The van der Waals surface area contributed by atoms with E-state index < -0.39 is 5.66 Å². The van der Waals surface area contributed by atoms with Gasteiger partial charge < -0.3 is 15.2 Å². The molecule has 0 aliphatic heterocycles. The number of fused-ring (bicyclic) bond motifs is 1. The van der Waals surface area contributed by atoms with Crippen LogP contribution in [0.5, 0.6) is 0 Å². The molecule has 2 atom stereocenters. The van der Waals surface area contributed by atoms with E-state index in [4.69, 9.17) is 5.73 Å². The molecule has 5 heteroatoms. The van der Waals surface area contributed by atoms with Crippen LogP contribution in [0.3, 0.4) is 0 Å². The molecule has 1 amide bonds. The van der Waals surface area contributed by atoms with Gasteiger partial charge in [-0.3, -0.25) is 4.79 Å². The Morgan fingerprint density at radius 3 is 2.56 bits per heavy atom. The first-order chi connectivity index (χ1) is 11.9. The number of amides is 1. The molecule has 1 aliphatic rings. The summed E-state index contributed by atoms with van der Waals surface area (Å²) in [6, 6.07) is 17.7. The lowest BCUT2D eigenvalue weighted by molar-refractivity contribution is 0.0981. The van der Waals surface area contributed by atoms with E-state index in [-0.39, 0.29) is 5.91 Å². The zero-order valence-electron chi connectivity index (χ0n) is 14.2. The molecule has 4 nitrogen and oxygen atoms in total. The van der Waals surface area contributed by atoms with Crippen LogP contribution >= 0.6 is 15.9 Å². The molecule has 128 valence electrons. The fourth-order valence-corrected chi connectivity index (χ4v) is 3.85. The molecule has 25 heavy (non-hydrogen) atoms. The minimum Gasteiger partial charge on any atom is -0.317 e. The number of nitrogens with zero attached hydrogens (tertiary/aromatic N) is 2. The van der Waals surface area contributed by atoms with Crippen LogP contribution < -0.4 is 10.6 Å². The lowest BCUT2D eigenvalue weighted by atomic mass is 10.2. The second-order valence-electron chi connectivity index (χ2n) is 6.86. The van der Waals surface area contributed by atoms with Crippen molar-refractivity contribution in [3.05, 3.63) is 64.8 Å². The third kappa shape index (κ3) is 2.58. The quantitative estimate of drug-likeness (QED) is 0.714. The minimum atomic E-state index is -0.488. The molecule has 0 spiro atoms. The summed E-state index contributed by atoms with van der Waals surface area (Å²) >= 11 is 3.51. The maximum absolute atomic E-state index is 13.2. The number of halogens is 1. The molecule has 1 fully saturated rings. The largest absolute Gasteiger partial charge is 0.317 e. The maximum Gasteiger partial charge on any atom is 0.274 e. The second kappa shape index (κ2) is 5.71. The smallest absolute Gasteiger partial charge is 0.274 e. The van der Waals surface area contributed by atoms with Gasteiger partial charge in [0.15, 0.2) is 0 Å². The number of benzene rings is 2. The summed E-state index contributed by atoms with van der Waals surface area (Å²) < 4.78 is 3.02. The number of anilines is 1. The summed E-state index contributed by atoms with van der Waals surface area (Å²) in [5, 5.41) is 1.02. The summed E-state index contributed by atoms with van der Waals surface area (Å²) in [6.07, 6.45) is 0.877. The molecule has 2 N–H and O–H groups in total. The van der Waals surface area contributed by atoms with Gasteiger partial charge in [0.2, 0.25) is 0 Å². The molecular formula is C20H20BrN3O. The lowest BCUT2D eigenvalue weighted by Gasteiger charge is -2.22. The van der Waals surface area contributed by atoms with E-state index in [1.54, 1.807) is 11.9 Å². The zero-order valence-corrected chi connectivity index (χ0v) is 15.8. The lowest BCUT2D eigenvalue weighted by Crippen LogP contribution is -2.36. The predicted octanol–water partition coefficient (Wildman–Crippen LogP) is 4.33. The number of nitrogens with two attached hydrogens (primary N) is 1. The monoisotopic (exact) mass is 397 g/mol. The molecule has 2 aromatic carbocycles. The van der Waals surface area contributed by atoms with Gasteiger partial charge in [-0.1, -0.05) is 41.1 Å². The van der Waals surface area contributed by atoms with Gasteiger partial charge in [-0.05, 0) is 48.7 Å². The van der Waals surface area contributed by atoms with Crippen LogP contribution in [0.4, 0.5) is 5.69 Å². The standard InChI is InChI=1S/C20H20BrN3O/c1-13-12-20(13,22)24-17-9-8-15(21)10-14(17)11-18(24)19(25)23(2)16-6-4-3-5-7-16/h3-11,13H,12,22H2,1-2H3/t13-,20-/m0/s1. The molecule has 1 aromatic heterocycles. The number of aromatic nitrogens is 1. The number of hydrogen-bond acceptors (Lipinski definition) is 2. The second-order valence-corrected chi connectivity index (χ2v) is 7.78. The van der Waals surface area contributed by atoms with Crippen LogP contribution in [0.1, 0.15) is 23.8 Å². The number of para-hydroxylation sites is 1. The van der Waals surface area contributed by atoms with E-state index >= 15 is 0 Å². The molecule has 0 saturated heterocycles. The Bertz CT molecular complexity index is 966. The van der Waals surface area contributed by atoms with Crippen LogP contribution in [0.15, 0.2) is 59.1 Å². The van der Waals surface area contributed by atoms with E-state index in [2.05, 4.69) is 22.9 Å². The van der Waals surface area contributed by atoms with Gasteiger partial charge >= 0.3 is 0 Å². The van der Waals surface area contributed by atoms with Crippen molar-refractivity contribution >= 4 is 38.4 Å². The zero-order chi connectivity index (χ0) is 17.8. The van der Waals surface area contributed by atoms with Crippen LogP contribution in [0.2, 0.25) is 0 Å². The summed E-state index contributed by atoms with van der Waals surface area (Å²) in [7, 11) is 1.80. The molecular weight excluding hydrogens is 378 g/mol. The van der Waals surface area contributed by atoms with E-state index in [0.717, 1.165) is 27.5 Å². The number of hydrogen-bond donors (Lipinski definition) is 1. The Morgan fingerprint density at radius 1 is 1.24 bits per heavy atom. The predicted molar refractivity (Wildman–Crippen MR) is 105 cm³/mol. The van der Waals surface area contributed by atoms with Gasteiger partial charge in [0.25, 0.3) is 5.91 Å². The highest BCUT2D eigenvalue weighted by Crippen LogP contribution is 2.48. The van der Waals surface area contributed by atoms with E-state index in [1.165, 1.54) is 0 Å². The van der Waals surface area contributed by atoms with Crippen molar-refractivity contribution in [1.82, 2.24) is 4.57 Å². The van der Waals surface area contributed by atoms with Crippen LogP contribution in [0.25, 0.3) is 10.9 Å². The highest BCUT2D eigenvalue weighted by atomic mass is 79.9. The first-order valence-corrected chi connectivity index (χ1v) is 9.14. The van der Waals surface area contributed by atoms with E-state index in [0.29, 0.717) is 11.6 Å². The Labute approximate surface area is 155 Å². The molecule has 0 unspecified atom stereocenters. The first-order valence-electron chi connectivity index (χ1n) is 8.35. The Kier molecular flexibility index (Phi) is 3.74. The Morgan fingerprint density at radius 2 is 1.92 bits per heavy atom. The third-order valence-corrected chi connectivity index (χ3v) is 5.67. The van der Waals surface area contributed by atoms with Crippen molar-refractivity contribution in [1.29, 1.82) is 0 Å². The molecule has 0 radical (unpaired) electrons. The van der Waals surface area contributed by atoms with Crippen molar-refractivity contribution in [2.24, 2.45) is 11.7 Å². The summed E-state index contributed by atoms with van der Waals surface area (Å²) in [6.45, 7) is 2.12. The maximum atomic E-state index is 13.2. The van der Waals surface area contributed by atoms with Gasteiger partial charge in [0.1, 0.15) is 5.69 Å². The van der Waals surface area contributed by atoms with E-state index in [1.807, 2.05) is 59.2 Å². The third-order valence-electron chi connectivity index (χ3n) is 5.17. The molecule has 3 aromatic rings. The number of carbonyl (C=O) groups excluding carboxylic acids is 1. The van der Waals surface area contributed by atoms with Crippen molar-refractivity contribution in [2.75, 3.05) is 11.9 Å². The number of carbonyl (C=O) groups is 1. The van der Waals surface area contributed by atoms with Gasteiger partial charge in [0, 0.05) is 22.6 Å². The first kappa shape index (κ1) is 16.4. The number of rotatable bonds is 3. The summed E-state index contributed by atoms with van der Waals surface area (Å²) in [4.78, 5) is 14.9. The molecule has 1 saturated carbocycles. The average molecular weight is 398 g/mol. The summed E-state index contributed by atoms with van der Waals surface area (Å²) in [5.41, 5.74) is 8.62. The fraction of sp³-hybridized carbons (Fsp3) is 0.250. The molecule has 1 heterocycles. The van der Waals surface area contributed by atoms with Gasteiger partial charge in [-0.25, -0.2) is 0 Å². The van der Waals surface area contributed by atoms with Crippen LogP contribution in [-0.2, 0) is 5.66 Å².